The molecule has 2 rings (SSSR count). The molecule has 0 unspecified atom stereocenters. The van der Waals surface area contributed by atoms with E-state index < -0.39 is 17.8 Å². The van der Waals surface area contributed by atoms with Gasteiger partial charge in [0.1, 0.15) is 6.42 Å². The predicted molar refractivity (Wildman–Crippen MR) is 70.7 cm³/mol. The molecule has 4 amide bonds. The van der Waals surface area contributed by atoms with Gasteiger partial charge in [-0.2, -0.15) is 0 Å². The van der Waals surface area contributed by atoms with Crippen LogP contribution >= 0.6 is 0 Å². The first-order valence-corrected chi connectivity index (χ1v) is 6.28. The molecule has 1 aromatic rings. The Bertz CT molecular complexity index is 539. The number of rotatable bonds is 3. The smallest absolute Gasteiger partial charge is 0.274 e. The summed E-state index contributed by atoms with van der Waals surface area (Å²) in [7, 11) is 0. The molecule has 1 aliphatic rings. The highest BCUT2D eigenvalue weighted by atomic mass is 16.2. The van der Waals surface area contributed by atoms with Gasteiger partial charge in [-0.1, -0.05) is 19.1 Å². The summed E-state index contributed by atoms with van der Waals surface area (Å²) < 4.78 is 0. The molecule has 1 aliphatic heterocycles. The van der Waals surface area contributed by atoms with Crippen LogP contribution in [0.15, 0.2) is 24.3 Å². The molecule has 1 saturated heterocycles. The SMILES string of the molecule is CCCN1C(=O)CC(=O)N(c2cccc(C)c2)C1=O. The lowest BCUT2D eigenvalue weighted by atomic mass is 10.1. The molecule has 0 aromatic heterocycles. The third-order valence-corrected chi connectivity index (χ3v) is 2.98. The van der Waals surface area contributed by atoms with E-state index in [9.17, 15) is 14.4 Å². The monoisotopic (exact) mass is 260 g/mol. The number of amides is 4. The van der Waals surface area contributed by atoms with E-state index in [0.29, 0.717) is 18.7 Å². The first-order chi connectivity index (χ1) is 9.04. The van der Waals surface area contributed by atoms with Crippen molar-refractivity contribution in [2.45, 2.75) is 26.7 Å². The second-order valence-electron chi connectivity index (χ2n) is 4.57. The van der Waals surface area contributed by atoms with Gasteiger partial charge in [-0.05, 0) is 31.0 Å². The predicted octanol–water partition coefficient (Wildman–Crippen LogP) is 2.09. The maximum absolute atomic E-state index is 12.3. The Labute approximate surface area is 111 Å². The highest BCUT2D eigenvalue weighted by Gasteiger charge is 2.38. The van der Waals surface area contributed by atoms with Crippen molar-refractivity contribution in [2.24, 2.45) is 0 Å². The fourth-order valence-electron chi connectivity index (χ4n) is 2.10. The average molecular weight is 260 g/mol. The molecule has 0 radical (unpaired) electrons. The molecule has 5 nitrogen and oxygen atoms in total. The number of imide groups is 2. The van der Waals surface area contributed by atoms with Crippen molar-refractivity contribution in [1.29, 1.82) is 0 Å². The molecule has 0 aliphatic carbocycles. The van der Waals surface area contributed by atoms with Crippen molar-refractivity contribution in [1.82, 2.24) is 4.90 Å². The zero-order valence-corrected chi connectivity index (χ0v) is 11.0. The number of benzene rings is 1. The van der Waals surface area contributed by atoms with Gasteiger partial charge in [0, 0.05) is 6.54 Å². The van der Waals surface area contributed by atoms with E-state index in [1.165, 1.54) is 0 Å². The fourth-order valence-corrected chi connectivity index (χ4v) is 2.10. The lowest BCUT2D eigenvalue weighted by Crippen LogP contribution is -2.55. The van der Waals surface area contributed by atoms with Crippen LogP contribution in [-0.4, -0.2) is 29.3 Å². The van der Waals surface area contributed by atoms with Crippen LogP contribution in [0.25, 0.3) is 0 Å². The van der Waals surface area contributed by atoms with E-state index in [4.69, 9.17) is 0 Å². The first kappa shape index (κ1) is 13.3. The minimum atomic E-state index is -0.547. The maximum Gasteiger partial charge on any atom is 0.338 e. The highest BCUT2D eigenvalue weighted by Crippen LogP contribution is 2.22. The normalized spacial score (nSPS) is 16.2. The summed E-state index contributed by atoms with van der Waals surface area (Å²) in [5.74, 6) is -0.881. The first-order valence-electron chi connectivity index (χ1n) is 6.28. The largest absolute Gasteiger partial charge is 0.338 e. The molecular formula is C14H16N2O3. The molecule has 5 heteroatoms. The van der Waals surface area contributed by atoms with Gasteiger partial charge in [0.15, 0.2) is 0 Å². The number of anilines is 1. The van der Waals surface area contributed by atoms with Crippen molar-refractivity contribution < 1.29 is 14.4 Å². The van der Waals surface area contributed by atoms with Crippen molar-refractivity contribution in [3.8, 4) is 0 Å². The van der Waals surface area contributed by atoms with Gasteiger partial charge in [-0.15, -0.1) is 0 Å². The van der Waals surface area contributed by atoms with E-state index in [-0.39, 0.29) is 6.42 Å². The van der Waals surface area contributed by atoms with Gasteiger partial charge in [0.05, 0.1) is 5.69 Å². The molecule has 1 fully saturated rings. The molecule has 1 aromatic carbocycles. The number of carbonyl (C=O) groups is 3. The van der Waals surface area contributed by atoms with E-state index in [1.807, 2.05) is 19.9 Å². The van der Waals surface area contributed by atoms with Crippen molar-refractivity contribution >= 4 is 23.5 Å². The topological polar surface area (TPSA) is 57.7 Å². The zero-order valence-electron chi connectivity index (χ0n) is 11.0. The Morgan fingerprint density at radius 3 is 2.53 bits per heavy atom. The average Bonchev–Trinajstić information content (AvgIpc) is 2.34. The Morgan fingerprint density at radius 1 is 1.16 bits per heavy atom. The van der Waals surface area contributed by atoms with E-state index in [2.05, 4.69) is 0 Å². The lowest BCUT2D eigenvalue weighted by molar-refractivity contribution is -0.134. The Hall–Kier alpha value is -2.17. The van der Waals surface area contributed by atoms with Gasteiger partial charge >= 0.3 is 6.03 Å². The third kappa shape index (κ3) is 2.50. The van der Waals surface area contributed by atoms with E-state index in [0.717, 1.165) is 15.4 Å². The molecule has 0 bridgehead atoms. The molecule has 0 N–H and O–H groups in total. The van der Waals surface area contributed by atoms with Crippen LogP contribution in [0.5, 0.6) is 0 Å². The van der Waals surface area contributed by atoms with Crippen LogP contribution in [0, 0.1) is 6.92 Å². The second-order valence-corrected chi connectivity index (χ2v) is 4.57. The number of carbonyl (C=O) groups excluding carboxylic acids is 3. The number of aryl methyl sites for hydroxylation is 1. The molecule has 0 atom stereocenters. The maximum atomic E-state index is 12.3. The minimum absolute atomic E-state index is 0.250. The van der Waals surface area contributed by atoms with Crippen LogP contribution in [-0.2, 0) is 9.59 Å². The number of hydrogen-bond acceptors (Lipinski definition) is 3. The Morgan fingerprint density at radius 2 is 1.89 bits per heavy atom. The van der Waals surface area contributed by atoms with Gasteiger partial charge in [0.2, 0.25) is 11.8 Å². The summed E-state index contributed by atoms with van der Waals surface area (Å²) in [6.07, 6.45) is 0.424. The van der Waals surface area contributed by atoms with Gasteiger partial charge in [-0.25, -0.2) is 9.69 Å². The molecule has 0 spiro atoms. The summed E-state index contributed by atoms with van der Waals surface area (Å²) >= 11 is 0. The minimum Gasteiger partial charge on any atom is -0.274 e. The number of hydrogen-bond donors (Lipinski definition) is 0. The fraction of sp³-hybridized carbons (Fsp3) is 0.357. The van der Waals surface area contributed by atoms with Crippen LogP contribution in [0.2, 0.25) is 0 Å². The molecule has 0 saturated carbocycles. The summed E-state index contributed by atoms with van der Waals surface area (Å²) in [6.45, 7) is 4.11. The second kappa shape index (κ2) is 5.22. The molecular weight excluding hydrogens is 244 g/mol. The Balaban J connectivity index is 2.36. The molecule has 100 valence electrons. The van der Waals surface area contributed by atoms with Gasteiger partial charge < -0.3 is 0 Å². The van der Waals surface area contributed by atoms with Gasteiger partial charge in [0.25, 0.3) is 0 Å². The van der Waals surface area contributed by atoms with Crippen molar-refractivity contribution in [2.75, 3.05) is 11.4 Å². The number of barbiturate groups is 1. The van der Waals surface area contributed by atoms with Crippen molar-refractivity contribution in [3.63, 3.8) is 0 Å². The third-order valence-electron chi connectivity index (χ3n) is 2.98. The van der Waals surface area contributed by atoms with E-state index >= 15 is 0 Å². The van der Waals surface area contributed by atoms with Crippen LogP contribution in [0.4, 0.5) is 10.5 Å². The lowest BCUT2D eigenvalue weighted by Gasteiger charge is -2.32. The number of urea groups is 1. The van der Waals surface area contributed by atoms with Crippen LogP contribution in [0.1, 0.15) is 25.3 Å². The highest BCUT2D eigenvalue weighted by molar-refractivity contribution is 6.26. The van der Waals surface area contributed by atoms with Crippen LogP contribution in [0.3, 0.4) is 0 Å². The van der Waals surface area contributed by atoms with Crippen LogP contribution < -0.4 is 4.90 Å². The summed E-state index contributed by atoms with van der Waals surface area (Å²) in [5.41, 5.74) is 1.47. The zero-order chi connectivity index (χ0) is 14.0. The van der Waals surface area contributed by atoms with Gasteiger partial charge in [-0.3, -0.25) is 14.5 Å². The van der Waals surface area contributed by atoms with Crippen molar-refractivity contribution in [3.05, 3.63) is 29.8 Å². The summed E-state index contributed by atoms with van der Waals surface area (Å²) in [4.78, 5) is 38.1. The number of nitrogens with zero attached hydrogens (tertiary/aromatic N) is 2. The van der Waals surface area contributed by atoms with E-state index in [1.54, 1.807) is 18.2 Å². The standard InChI is InChI=1S/C14H16N2O3/c1-3-7-15-12(17)9-13(18)16(14(15)19)11-6-4-5-10(2)8-11/h4-6,8H,3,7,9H2,1-2H3. The quantitative estimate of drug-likeness (QED) is 0.782. The summed E-state index contributed by atoms with van der Waals surface area (Å²) in [5, 5.41) is 0. The molecule has 19 heavy (non-hydrogen) atoms. The summed E-state index contributed by atoms with van der Waals surface area (Å²) in [6, 6.07) is 6.58. The Kier molecular flexibility index (Phi) is 3.64. The molecule has 1 heterocycles.